The molecular formula is C10H12ClNO2. The lowest BCUT2D eigenvalue weighted by Gasteiger charge is -2.23. The first kappa shape index (κ1) is 9.62. The third kappa shape index (κ3) is 1.53. The van der Waals surface area contributed by atoms with Gasteiger partial charge in [-0.15, -0.1) is 0 Å². The number of nitrogens with zero attached hydrogens (tertiary/aromatic N) is 1. The molecule has 76 valence electrons. The molecule has 1 fully saturated rings. The van der Waals surface area contributed by atoms with Gasteiger partial charge in [-0.25, -0.2) is 0 Å². The number of aromatic hydroxyl groups is 1. The molecule has 2 rings (SSSR count). The number of rotatable bonds is 1. The summed E-state index contributed by atoms with van der Waals surface area (Å²) in [7, 11) is 0. The van der Waals surface area contributed by atoms with Gasteiger partial charge in [0.1, 0.15) is 17.0 Å². The lowest BCUT2D eigenvalue weighted by atomic mass is 10.2. The zero-order valence-corrected chi connectivity index (χ0v) is 8.41. The molecule has 2 N–H and O–H groups in total. The van der Waals surface area contributed by atoms with Crippen molar-refractivity contribution in [1.82, 2.24) is 0 Å². The predicted molar refractivity (Wildman–Crippen MR) is 55.7 cm³/mol. The van der Waals surface area contributed by atoms with Crippen molar-refractivity contribution in [3.05, 3.63) is 23.2 Å². The highest BCUT2D eigenvalue weighted by atomic mass is 35.5. The van der Waals surface area contributed by atoms with Crippen LogP contribution in [0.1, 0.15) is 12.8 Å². The van der Waals surface area contributed by atoms with Crippen molar-refractivity contribution >= 4 is 17.3 Å². The Morgan fingerprint density at radius 1 is 1.43 bits per heavy atom. The zero-order chi connectivity index (χ0) is 10.1. The largest absolute Gasteiger partial charge is 0.506 e. The van der Waals surface area contributed by atoms with Gasteiger partial charge in [-0.2, -0.15) is 0 Å². The van der Waals surface area contributed by atoms with Gasteiger partial charge in [0, 0.05) is 6.54 Å². The Labute approximate surface area is 87.5 Å². The molecule has 0 bridgehead atoms. The van der Waals surface area contributed by atoms with Crippen LogP contribution >= 0.6 is 11.6 Å². The molecule has 0 radical (unpaired) electrons. The Kier molecular flexibility index (Phi) is 2.52. The van der Waals surface area contributed by atoms with Crippen LogP contribution in [0.2, 0.25) is 5.02 Å². The zero-order valence-electron chi connectivity index (χ0n) is 7.65. The molecule has 1 heterocycles. The van der Waals surface area contributed by atoms with Gasteiger partial charge in [-0.1, -0.05) is 17.7 Å². The summed E-state index contributed by atoms with van der Waals surface area (Å²) in [5.74, 6) is 0.0586. The summed E-state index contributed by atoms with van der Waals surface area (Å²) < 4.78 is 0. The molecule has 1 saturated heterocycles. The molecule has 1 aromatic rings. The van der Waals surface area contributed by atoms with Crippen molar-refractivity contribution in [1.29, 1.82) is 0 Å². The van der Waals surface area contributed by atoms with Crippen molar-refractivity contribution in [2.45, 2.75) is 19.1 Å². The molecule has 0 unspecified atom stereocenters. The predicted octanol–water partition coefficient (Wildman–Crippen LogP) is 1.96. The van der Waals surface area contributed by atoms with Gasteiger partial charge in [-0.3, -0.25) is 0 Å². The van der Waals surface area contributed by atoms with Crippen LogP contribution in [0.5, 0.6) is 5.75 Å². The Bertz CT molecular complexity index is 343. The maximum absolute atomic E-state index is 9.64. The molecule has 14 heavy (non-hydrogen) atoms. The molecule has 0 aliphatic carbocycles. The molecule has 3 nitrogen and oxygen atoms in total. The quantitative estimate of drug-likeness (QED) is 0.750. The lowest BCUT2D eigenvalue weighted by molar-refractivity contribution is 0.185. The van der Waals surface area contributed by atoms with E-state index in [0.717, 1.165) is 19.4 Å². The highest BCUT2D eigenvalue weighted by Gasteiger charge is 2.24. The average molecular weight is 214 g/mol. The number of anilines is 1. The van der Waals surface area contributed by atoms with E-state index in [1.165, 1.54) is 6.07 Å². The second-order valence-corrected chi connectivity index (χ2v) is 3.80. The van der Waals surface area contributed by atoms with Crippen molar-refractivity contribution < 1.29 is 10.2 Å². The monoisotopic (exact) mass is 213 g/mol. The third-order valence-corrected chi connectivity index (χ3v) is 2.88. The van der Waals surface area contributed by atoms with Gasteiger partial charge in [0.2, 0.25) is 0 Å². The van der Waals surface area contributed by atoms with Crippen LogP contribution < -0.4 is 4.90 Å². The summed E-state index contributed by atoms with van der Waals surface area (Å²) >= 11 is 5.94. The summed E-state index contributed by atoms with van der Waals surface area (Å²) in [6.07, 6.45) is 1.23. The van der Waals surface area contributed by atoms with Crippen LogP contribution in [0.3, 0.4) is 0 Å². The van der Waals surface area contributed by atoms with E-state index >= 15 is 0 Å². The van der Waals surface area contributed by atoms with E-state index in [4.69, 9.17) is 11.6 Å². The van der Waals surface area contributed by atoms with E-state index < -0.39 is 6.23 Å². The van der Waals surface area contributed by atoms with E-state index in [1.54, 1.807) is 12.1 Å². The number of aliphatic hydroxyl groups excluding tert-OH is 1. The number of halogens is 1. The molecule has 1 atom stereocenters. The Balaban J connectivity index is 2.36. The smallest absolute Gasteiger partial charge is 0.136 e. The van der Waals surface area contributed by atoms with E-state index in [-0.39, 0.29) is 5.75 Å². The number of phenols is 1. The first-order valence-corrected chi connectivity index (χ1v) is 5.00. The molecule has 1 aliphatic heterocycles. The van der Waals surface area contributed by atoms with Gasteiger partial charge in [0.05, 0.1) is 5.69 Å². The number of hydrogen-bond donors (Lipinski definition) is 2. The molecule has 4 heteroatoms. The number of benzene rings is 1. The minimum absolute atomic E-state index is 0.0586. The van der Waals surface area contributed by atoms with Gasteiger partial charge < -0.3 is 15.1 Å². The summed E-state index contributed by atoms with van der Waals surface area (Å²) in [4.78, 5) is 1.81. The molecule has 1 aromatic carbocycles. The highest BCUT2D eigenvalue weighted by Crippen LogP contribution is 2.36. The first-order valence-electron chi connectivity index (χ1n) is 4.62. The average Bonchev–Trinajstić information content (AvgIpc) is 2.57. The summed E-state index contributed by atoms with van der Waals surface area (Å²) in [6.45, 7) is 0.782. The lowest BCUT2D eigenvalue weighted by Crippen LogP contribution is -2.28. The Hall–Kier alpha value is -0.930. The minimum atomic E-state index is -0.478. The second kappa shape index (κ2) is 3.67. The molecular weight excluding hydrogens is 202 g/mol. The molecule has 0 saturated carbocycles. The number of hydrogen-bond acceptors (Lipinski definition) is 3. The molecule has 0 aromatic heterocycles. The maximum atomic E-state index is 9.64. The molecule has 0 amide bonds. The van der Waals surface area contributed by atoms with Crippen LogP contribution in [0.15, 0.2) is 18.2 Å². The summed E-state index contributed by atoms with van der Waals surface area (Å²) in [5, 5.41) is 19.4. The first-order chi connectivity index (χ1) is 6.70. The minimum Gasteiger partial charge on any atom is -0.506 e. The topological polar surface area (TPSA) is 43.7 Å². The van der Waals surface area contributed by atoms with Crippen LogP contribution in [0.4, 0.5) is 5.69 Å². The van der Waals surface area contributed by atoms with Gasteiger partial charge >= 0.3 is 0 Å². The maximum Gasteiger partial charge on any atom is 0.136 e. The molecule has 1 aliphatic rings. The fourth-order valence-electron chi connectivity index (χ4n) is 1.76. The van der Waals surface area contributed by atoms with Crippen molar-refractivity contribution in [2.75, 3.05) is 11.4 Å². The van der Waals surface area contributed by atoms with Gasteiger partial charge in [0.15, 0.2) is 0 Å². The summed E-state index contributed by atoms with van der Waals surface area (Å²) in [5.41, 5.74) is 0.705. The van der Waals surface area contributed by atoms with Gasteiger partial charge in [-0.05, 0) is 25.0 Å². The van der Waals surface area contributed by atoms with Crippen molar-refractivity contribution in [3.8, 4) is 5.75 Å². The normalized spacial score (nSPS) is 21.6. The van der Waals surface area contributed by atoms with E-state index in [2.05, 4.69) is 0 Å². The van der Waals surface area contributed by atoms with E-state index in [1.807, 2.05) is 4.90 Å². The van der Waals surface area contributed by atoms with E-state index in [9.17, 15) is 10.2 Å². The van der Waals surface area contributed by atoms with Crippen LogP contribution in [-0.2, 0) is 0 Å². The highest BCUT2D eigenvalue weighted by molar-refractivity contribution is 6.34. The van der Waals surface area contributed by atoms with Crippen molar-refractivity contribution in [3.63, 3.8) is 0 Å². The number of aliphatic hydroxyl groups is 1. The summed E-state index contributed by atoms with van der Waals surface area (Å²) in [6, 6.07) is 5.06. The van der Waals surface area contributed by atoms with E-state index in [0.29, 0.717) is 10.7 Å². The third-order valence-electron chi connectivity index (χ3n) is 2.49. The fourth-order valence-corrected chi connectivity index (χ4v) is 1.99. The van der Waals surface area contributed by atoms with Crippen molar-refractivity contribution in [2.24, 2.45) is 0 Å². The van der Waals surface area contributed by atoms with Gasteiger partial charge in [0.25, 0.3) is 0 Å². The fraction of sp³-hybridized carbons (Fsp3) is 0.400. The number of phenolic OH excluding ortho intramolecular Hbond substituents is 1. The standard InChI is InChI=1S/C10H12ClNO2/c11-10-7(3-1-4-8(10)13)12-6-2-5-9(12)14/h1,3-4,9,13-14H,2,5-6H2/t9-/m0/s1. The van der Waals surface area contributed by atoms with Crippen LogP contribution in [-0.4, -0.2) is 23.0 Å². The Morgan fingerprint density at radius 2 is 2.21 bits per heavy atom. The Morgan fingerprint density at radius 3 is 2.86 bits per heavy atom. The van der Waals surface area contributed by atoms with Crippen LogP contribution in [0, 0.1) is 0 Å². The van der Waals surface area contributed by atoms with Crippen LogP contribution in [0.25, 0.3) is 0 Å². The SMILES string of the molecule is Oc1cccc(N2CCC[C@@H]2O)c1Cl. The molecule has 0 spiro atoms. The second-order valence-electron chi connectivity index (χ2n) is 3.43.